The number of carbonyl (C=O) groups excluding carboxylic acids is 1. The SMILES string of the molecule is O=C1N[C@@](O)(C(F)(F)F)C[C@@H]1c1ccccc1. The number of amides is 1. The van der Waals surface area contributed by atoms with E-state index in [9.17, 15) is 23.1 Å². The highest BCUT2D eigenvalue weighted by atomic mass is 19.4. The van der Waals surface area contributed by atoms with E-state index in [1.54, 1.807) is 35.6 Å². The molecule has 0 aromatic heterocycles. The maximum Gasteiger partial charge on any atom is 0.436 e. The van der Waals surface area contributed by atoms with Gasteiger partial charge in [-0.2, -0.15) is 13.2 Å². The molecular weight excluding hydrogens is 235 g/mol. The second kappa shape index (κ2) is 3.73. The van der Waals surface area contributed by atoms with E-state index in [4.69, 9.17) is 0 Å². The minimum absolute atomic E-state index is 0.463. The molecule has 92 valence electrons. The molecule has 2 atom stereocenters. The third-order valence-corrected chi connectivity index (χ3v) is 2.82. The zero-order valence-electron chi connectivity index (χ0n) is 8.66. The van der Waals surface area contributed by atoms with Gasteiger partial charge < -0.3 is 10.4 Å². The predicted octanol–water partition coefficient (Wildman–Crippen LogP) is 1.54. The summed E-state index contributed by atoms with van der Waals surface area (Å²) in [6.07, 6.45) is -5.56. The average molecular weight is 245 g/mol. The van der Waals surface area contributed by atoms with Crippen LogP contribution in [-0.4, -0.2) is 22.9 Å². The zero-order chi connectivity index (χ0) is 12.7. The standard InChI is InChI=1S/C11H10F3NO2/c12-11(13,14)10(17)6-8(9(16)15-10)7-4-2-1-3-5-7/h1-5,8,17H,6H2,(H,15,16)/t8-,10+/m1/s1. The van der Waals surface area contributed by atoms with Crippen LogP contribution in [0.4, 0.5) is 13.2 Å². The van der Waals surface area contributed by atoms with Crippen LogP contribution in [0.1, 0.15) is 17.9 Å². The molecule has 3 nitrogen and oxygen atoms in total. The summed E-state index contributed by atoms with van der Waals surface area (Å²) >= 11 is 0. The summed E-state index contributed by atoms with van der Waals surface area (Å²) in [6.45, 7) is 0. The lowest BCUT2D eigenvalue weighted by Crippen LogP contribution is -2.53. The van der Waals surface area contributed by atoms with Gasteiger partial charge >= 0.3 is 6.18 Å². The third kappa shape index (κ3) is 2.00. The molecule has 2 N–H and O–H groups in total. The largest absolute Gasteiger partial charge is 0.436 e. The number of benzene rings is 1. The molecular formula is C11H10F3NO2. The lowest BCUT2D eigenvalue weighted by molar-refractivity contribution is -0.266. The quantitative estimate of drug-likeness (QED) is 0.788. The van der Waals surface area contributed by atoms with Crippen molar-refractivity contribution < 1.29 is 23.1 Å². The Labute approximate surface area is 95.3 Å². The number of halogens is 3. The molecule has 1 aliphatic heterocycles. The molecule has 1 aromatic rings. The summed E-state index contributed by atoms with van der Waals surface area (Å²) in [4.78, 5) is 11.5. The van der Waals surface area contributed by atoms with Crippen molar-refractivity contribution in [3.05, 3.63) is 35.9 Å². The summed E-state index contributed by atoms with van der Waals surface area (Å²) in [7, 11) is 0. The first-order valence-corrected chi connectivity index (χ1v) is 4.99. The van der Waals surface area contributed by atoms with Gasteiger partial charge in [0.25, 0.3) is 0 Å². The van der Waals surface area contributed by atoms with Crippen LogP contribution >= 0.6 is 0 Å². The van der Waals surface area contributed by atoms with Gasteiger partial charge in [-0.05, 0) is 5.56 Å². The number of alkyl halides is 3. The summed E-state index contributed by atoms with van der Waals surface area (Å²) in [5, 5.41) is 11.0. The minimum Gasteiger partial charge on any atom is -0.363 e. The van der Waals surface area contributed by atoms with Crippen LogP contribution in [0.2, 0.25) is 0 Å². The molecule has 1 heterocycles. The first-order chi connectivity index (χ1) is 7.83. The second-order valence-electron chi connectivity index (χ2n) is 4.01. The predicted molar refractivity (Wildman–Crippen MR) is 52.9 cm³/mol. The molecule has 0 unspecified atom stereocenters. The van der Waals surface area contributed by atoms with Gasteiger partial charge in [-0.1, -0.05) is 30.3 Å². The van der Waals surface area contributed by atoms with E-state index in [0.717, 1.165) is 0 Å². The van der Waals surface area contributed by atoms with E-state index in [1.165, 1.54) is 0 Å². The molecule has 0 radical (unpaired) electrons. The van der Waals surface area contributed by atoms with E-state index in [1.807, 2.05) is 0 Å². The highest BCUT2D eigenvalue weighted by molar-refractivity contribution is 5.86. The molecule has 0 saturated carbocycles. The van der Waals surface area contributed by atoms with Gasteiger partial charge in [-0.15, -0.1) is 0 Å². The van der Waals surface area contributed by atoms with Gasteiger partial charge in [0.15, 0.2) is 0 Å². The molecule has 1 amide bonds. The van der Waals surface area contributed by atoms with Gasteiger partial charge in [0.2, 0.25) is 11.6 Å². The Hall–Kier alpha value is -1.56. The second-order valence-corrected chi connectivity index (χ2v) is 4.01. The number of hydrogen-bond acceptors (Lipinski definition) is 2. The van der Waals surface area contributed by atoms with Gasteiger partial charge in [-0.25, -0.2) is 0 Å². The molecule has 1 fully saturated rings. The first-order valence-electron chi connectivity index (χ1n) is 4.99. The van der Waals surface area contributed by atoms with Gasteiger partial charge in [0.1, 0.15) is 0 Å². The average Bonchev–Trinajstić information content (AvgIpc) is 2.56. The maximum absolute atomic E-state index is 12.5. The van der Waals surface area contributed by atoms with Crippen LogP contribution in [0, 0.1) is 0 Å². The van der Waals surface area contributed by atoms with Crippen LogP contribution in [0.25, 0.3) is 0 Å². The van der Waals surface area contributed by atoms with Gasteiger partial charge in [0.05, 0.1) is 5.92 Å². The third-order valence-electron chi connectivity index (χ3n) is 2.82. The van der Waals surface area contributed by atoms with Crippen molar-refractivity contribution in [2.45, 2.75) is 24.2 Å². The Morgan fingerprint density at radius 2 is 1.88 bits per heavy atom. The monoisotopic (exact) mass is 245 g/mol. The lowest BCUT2D eigenvalue weighted by Gasteiger charge is -2.25. The number of carbonyl (C=O) groups is 1. The van der Waals surface area contributed by atoms with Crippen molar-refractivity contribution >= 4 is 5.91 Å². The summed E-state index contributed by atoms with van der Waals surface area (Å²) in [6, 6.07) is 8.09. The summed E-state index contributed by atoms with van der Waals surface area (Å²) in [5.41, 5.74) is -2.66. The normalized spacial score (nSPS) is 29.2. The van der Waals surface area contributed by atoms with Gasteiger partial charge in [0, 0.05) is 6.42 Å². The molecule has 0 aliphatic carbocycles. The van der Waals surface area contributed by atoms with Crippen LogP contribution in [-0.2, 0) is 4.79 Å². The van der Waals surface area contributed by atoms with Crippen molar-refractivity contribution in [2.75, 3.05) is 0 Å². The Bertz CT molecular complexity index is 432. The molecule has 1 aliphatic rings. The van der Waals surface area contributed by atoms with Crippen LogP contribution in [0.15, 0.2) is 30.3 Å². The van der Waals surface area contributed by atoms with E-state index >= 15 is 0 Å². The van der Waals surface area contributed by atoms with Crippen LogP contribution in [0.3, 0.4) is 0 Å². The van der Waals surface area contributed by atoms with Crippen molar-refractivity contribution in [1.82, 2.24) is 5.32 Å². The Balaban J connectivity index is 2.28. The van der Waals surface area contributed by atoms with E-state index in [-0.39, 0.29) is 0 Å². The fraction of sp³-hybridized carbons (Fsp3) is 0.364. The van der Waals surface area contributed by atoms with Crippen molar-refractivity contribution in [3.8, 4) is 0 Å². The molecule has 17 heavy (non-hydrogen) atoms. The highest BCUT2D eigenvalue weighted by Gasteiger charge is 2.60. The number of hydrogen-bond donors (Lipinski definition) is 2. The van der Waals surface area contributed by atoms with Crippen molar-refractivity contribution in [2.24, 2.45) is 0 Å². The Morgan fingerprint density at radius 1 is 1.29 bits per heavy atom. The van der Waals surface area contributed by atoms with Crippen LogP contribution in [0.5, 0.6) is 0 Å². The fourth-order valence-electron chi connectivity index (χ4n) is 1.87. The van der Waals surface area contributed by atoms with Crippen molar-refractivity contribution in [1.29, 1.82) is 0 Å². The number of aliphatic hydroxyl groups is 1. The zero-order valence-corrected chi connectivity index (χ0v) is 8.66. The van der Waals surface area contributed by atoms with Gasteiger partial charge in [-0.3, -0.25) is 4.79 Å². The molecule has 0 spiro atoms. The Kier molecular flexibility index (Phi) is 2.61. The van der Waals surface area contributed by atoms with Crippen LogP contribution < -0.4 is 5.32 Å². The molecule has 2 rings (SSSR count). The molecule has 1 saturated heterocycles. The van der Waals surface area contributed by atoms with Crippen molar-refractivity contribution in [3.63, 3.8) is 0 Å². The molecule has 6 heteroatoms. The first kappa shape index (κ1) is 11.9. The number of rotatable bonds is 1. The smallest absolute Gasteiger partial charge is 0.363 e. The summed E-state index contributed by atoms with van der Waals surface area (Å²) in [5.74, 6) is -1.78. The summed E-state index contributed by atoms with van der Waals surface area (Å²) < 4.78 is 37.6. The number of nitrogens with one attached hydrogen (secondary N) is 1. The molecule has 0 bridgehead atoms. The maximum atomic E-state index is 12.5. The Morgan fingerprint density at radius 3 is 2.35 bits per heavy atom. The highest BCUT2D eigenvalue weighted by Crippen LogP contribution is 2.41. The topological polar surface area (TPSA) is 49.3 Å². The van der Waals surface area contributed by atoms with E-state index < -0.39 is 30.1 Å². The van der Waals surface area contributed by atoms with E-state index in [0.29, 0.717) is 5.56 Å². The van der Waals surface area contributed by atoms with E-state index in [2.05, 4.69) is 0 Å². The molecule has 1 aromatic carbocycles. The fourth-order valence-corrected chi connectivity index (χ4v) is 1.87. The lowest BCUT2D eigenvalue weighted by atomic mass is 9.94. The minimum atomic E-state index is -4.87.